The van der Waals surface area contributed by atoms with E-state index in [2.05, 4.69) is 20.9 Å². The molecule has 0 atom stereocenters. The Labute approximate surface area is 118 Å². The lowest BCUT2D eigenvalue weighted by molar-refractivity contribution is 0.354. The molecule has 5 nitrogen and oxygen atoms in total. The third-order valence-corrected chi connectivity index (χ3v) is 3.20. The van der Waals surface area contributed by atoms with Gasteiger partial charge in [0, 0.05) is 6.20 Å². The van der Waals surface area contributed by atoms with Crippen molar-refractivity contribution in [1.82, 2.24) is 9.55 Å². The average Bonchev–Trinajstić information content (AvgIpc) is 2.43. The number of hydrogen-bond acceptors (Lipinski definition) is 4. The molecule has 2 rings (SSSR count). The Morgan fingerprint density at radius 3 is 2.68 bits per heavy atom. The predicted molar refractivity (Wildman–Crippen MR) is 74.8 cm³/mol. The van der Waals surface area contributed by atoms with E-state index in [1.54, 1.807) is 14.2 Å². The highest BCUT2D eigenvalue weighted by atomic mass is 79.9. The Morgan fingerprint density at radius 2 is 2.00 bits per heavy atom. The third-order valence-electron chi connectivity index (χ3n) is 2.66. The van der Waals surface area contributed by atoms with Gasteiger partial charge in [-0.1, -0.05) is 6.07 Å². The summed E-state index contributed by atoms with van der Waals surface area (Å²) >= 11 is 3.17. The number of nitrogens with zero attached hydrogens (tertiary/aromatic N) is 2. The SMILES string of the molecule is COc1ccc(Cn2cncc(Br)c2=O)cc1OC. The van der Waals surface area contributed by atoms with Crippen LogP contribution in [0.4, 0.5) is 0 Å². The highest BCUT2D eigenvalue weighted by molar-refractivity contribution is 9.10. The number of ether oxygens (including phenoxy) is 2. The van der Waals surface area contributed by atoms with E-state index in [4.69, 9.17) is 9.47 Å². The minimum atomic E-state index is -0.121. The predicted octanol–water partition coefficient (Wildman–Crippen LogP) is 2.07. The van der Waals surface area contributed by atoms with Gasteiger partial charge in [-0.3, -0.25) is 9.36 Å². The second-order valence-corrected chi connectivity index (χ2v) is 4.72. The van der Waals surface area contributed by atoms with Gasteiger partial charge >= 0.3 is 0 Å². The van der Waals surface area contributed by atoms with Gasteiger partial charge in [0.05, 0.1) is 27.1 Å². The van der Waals surface area contributed by atoms with Gasteiger partial charge in [-0.2, -0.15) is 0 Å². The standard InChI is InChI=1S/C13H13BrN2O3/c1-18-11-4-3-9(5-12(11)19-2)7-16-8-15-6-10(14)13(16)17/h3-6,8H,7H2,1-2H3. The van der Waals surface area contributed by atoms with Crippen molar-refractivity contribution >= 4 is 15.9 Å². The van der Waals surface area contributed by atoms with Crippen LogP contribution in [0.1, 0.15) is 5.56 Å². The van der Waals surface area contributed by atoms with Gasteiger partial charge in [0.2, 0.25) is 0 Å². The molecule has 0 saturated heterocycles. The summed E-state index contributed by atoms with van der Waals surface area (Å²) in [5, 5.41) is 0. The van der Waals surface area contributed by atoms with Crippen LogP contribution in [0.5, 0.6) is 11.5 Å². The molecule has 1 heterocycles. The summed E-state index contributed by atoms with van der Waals surface area (Å²) in [4.78, 5) is 15.8. The third kappa shape index (κ3) is 2.96. The molecule has 0 aliphatic rings. The van der Waals surface area contributed by atoms with Crippen LogP contribution < -0.4 is 15.0 Å². The Morgan fingerprint density at radius 1 is 1.26 bits per heavy atom. The molecule has 0 aliphatic carbocycles. The Bertz CT molecular complexity index is 640. The van der Waals surface area contributed by atoms with Crippen LogP contribution in [0.2, 0.25) is 0 Å². The van der Waals surface area contributed by atoms with Gasteiger partial charge in [0.1, 0.15) is 4.47 Å². The van der Waals surface area contributed by atoms with Crippen LogP contribution in [0.3, 0.4) is 0 Å². The highest BCUT2D eigenvalue weighted by Gasteiger charge is 2.06. The molecule has 0 unspecified atom stereocenters. The molecular formula is C13H13BrN2O3. The molecule has 1 aromatic carbocycles. The summed E-state index contributed by atoms with van der Waals surface area (Å²) in [7, 11) is 3.16. The zero-order valence-electron chi connectivity index (χ0n) is 10.6. The summed E-state index contributed by atoms with van der Waals surface area (Å²) in [5.74, 6) is 1.29. The fourth-order valence-corrected chi connectivity index (χ4v) is 2.06. The van der Waals surface area contributed by atoms with Crippen LogP contribution >= 0.6 is 15.9 Å². The van der Waals surface area contributed by atoms with E-state index in [1.165, 1.54) is 17.1 Å². The molecule has 0 N–H and O–H groups in total. The minimum Gasteiger partial charge on any atom is -0.493 e. The van der Waals surface area contributed by atoms with Crippen molar-refractivity contribution in [2.75, 3.05) is 14.2 Å². The van der Waals surface area contributed by atoms with Crippen molar-refractivity contribution in [2.45, 2.75) is 6.54 Å². The van der Waals surface area contributed by atoms with Crippen molar-refractivity contribution in [3.8, 4) is 11.5 Å². The molecule has 19 heavy (non-hydrogen) atoms. The van der Waals surface area contributed by atoms with Gasteiger partial charge < -0.3 is 9.47 Å². The molecule has 0 aliphatic heterocycles. The molecule has 2 aromatic rings. The van der Waals surface area contributed by atoms with E-state index in [9.17, 15) is 4.79 Å². The second-order valence-electron chi connectivity index (χ2n) is 3.86. The quantitative estimate of drug-likeness (QED) is 0.864. The summed E-state index contributed by atoms with van der Waals surface area (Å²) in [5.41, 5.74) is 0.810. The van der Waals surface area contributed by atoms with Crippen molar-refractivity contribution < 1.29 is 9.47 Å². The maximum atomic E-state index is 11.9. The van der Waals surface area contributed by atoms with E-state index in [0.29, 0.717) is 22.5 Å². The van der Waals surface area contributed by atoms with Crippen molar-refractivity contribution in [2.24, 2.45) is 0 Å². The summed E-state index contributed by atoms with van der Waals surface area (Å²) in [6.45, 7) is 0.422. The number of benzene rings is 1. The number of rotatable bonds is 4. The van der Waals surface area contributed by atoms with Crippen molar-refractivity contribution in [1.29, 1.82) is 0 Å². The molecule has 0 amide bonds. The molecular weight excluding hydrogens is 312 g/mol. The molecule has 1 aromatic heterocycles. The van der Waals surface area contributed by atoms with Crippen LogP contribution in [0.15, 0.2) is 40.0 Å². The van der Waals surface area contributed by atoms with E-state index in [-0.39, 0.29) is 5.56 Å². The van der Waals surface area contributed by atoms with E-state index >= 15 is 0 Å². The zero-order valence-corrected chi connectivity index (χ0v) is 12.2. The van der Waals surface area contributed by atoms with Crippen LogP contribution in [-0.4, -0.2) is 23.8 Å². The van der Waals surface area contributed by atoms with Crippen molar-refractivity contribution in [3.05, 3.63) is 51.1 Å². The van der Waals surface area contributed by atoms with Gasteiger partial charge in [-0.15, -0.1) is 0 Å². The first kappa shape index (κ1) is 13.6. The Hall–Kier alpha value is -1.82. The molecule has 0 spiro atoms. The Kier molecular flexibility index (Phi) is 4.21. The fraction of sp³-hybridized carbons (Fsp3) is 0.231. The first-order valence-corrected chi connectivity index (χ1v) is 6.36. The minimum absolute atomic E-state index is 0.121. The van der Waals surface area contributed by atoms with Crippen LogP contribution in [0.25, 0.3) is 0 Å². The highest BCUT2D eigenvalue weighted by Crippen LogP contribution is 2.27. The van der Waals surface area contributed by atoms with Gasteiger partial charge in [-0.25, -0.2) is 4.98 Å². The monoisotopic (exact) mass is 324 g/mol. The number of aromatic nitrogens is 2. The number of hydrogen-bond donors (Lipinski definition) is 0. The largest absolute Gasteiger partial charge is 0.493 e. The molecule has 0 bridgehead atoms. The average molecular weight is 325 g/mol. The summed E-state index contributed by atoms with van der Waals surface area (Å²) in [6, 6.07) is 5.53. The zero-order chi connectivity index (χ0) is 13.8. The van der Waals surface area contributed by atoms with E-state index in [0.717, 1.165) is 5.56 Å². The lowest BCUT2D eigenvalue weighted by Gasteiger charge is -2.10. The van der Waals surface area contributed by atoms with E-state index in [1.807, 2.05) is 18.2 Å². The first-order valence-electron chi connectivity index (χ1n) is 5.56. The topological polar surface area (TPSA) is 53.4 Å². The van der Waals surface area contributed by atoms with Crippen LogP contribution in [-0.2, 0) is 6.54 Å². The Balaban J connectivity index is 2.33. The normalized spacial score (nSPS) is 10.3. The summed E-state index contributed by atoms with van der Waals surface area (Å²) in [6.07, 6.45) is 2.98. The van der Waals surface area contributed by atoms with Crippen molar-refractivity contribution in [3.63, 3.8) is 0 Å². The maximum Gasteiger partial charge on any atom is 0.267 e. The second kappa shape index (κ2) is 5.88. The van der Waals surface area contributed by atoms with Crippen LogP contribution in [0, 0.1) is 0 Å². The van der Waals surface area contributed by atoms with Gasteiger partial charge in [-0.05, 0) is 33.6 Å². The number of halogens is 1. The molecule has 6 heteroatoms. The van der Waals surface area contributed by atoms with E-state index < -0.39 is 0 Å². The molecule has 0 radical (unpaired) electrons. The lowest BCUT2D eigenvalue weighted by atomic mass is 10.2. The van der Waals surface area contributed by atoms with Gasteiger partial charge in [0.15, 0.2) is 11.5 Å². The molecule has 0 saturated carbocycles. The maximum absolute atomic E-state index is 11.9. The fourth-order valence-electron chi connectivity index (χ4n) is 1.71. The van der Waals surface area contributed by atoms with Gasteiger partial charge in [0.25, 0.3) is 5.56 Å². The lowest BCUT2D eigenvalue weighted by Crippen LogP contribution is -2.21. The number of methoxy groups -OCH3 is 2. The smallest absolute Gasteiger partial charge is 0.267 e. The molecule has 100 valence electrons. The molecule has 0 fully saturated rings. The summed E-state index contributed by atoms with van der Waals surface area (Å²) < 4.78 is 12.4. The first-order chi connectivity index (χ1) is 9.15.